The van der Waals surface area contributed by atoms with Gasteiger partial charge in [0, 0.05) is 17.6 Å². The summed E-state index contributed by atoms with van der Waals surface area (Å²) in [4.78, 5) is 12.4. The minimum Gasteiger partial charge on any atom is -0.491 e. The summed E-state index contributed by atoms with van der Waals surface area (Å²) < 4.78 is 32.8. The highest BCUT2D eigenvalue weighted by atomic mass is 32.2. The molecule has 0 atom stereocenters. The summed E-state index contributed by atoms with van der Waals surface area (Å²) in [6, 6.07) is 13.4. The highest BCUT2D eigenvalue weighted by molar-refractivity contribution is 7.89. The molecule has 2 N–H and O–H groups in total. The van der Waals surface area contributed by atoms with Crippen molar-refractivity contribution in [3.63, 3.8) is 0 Å². The molecule has 0 bridgehead atoms. The van der Waals surface area contributed by atoms with Crippen molar-refractivity contribution in [2.75, 3.05) is 0 Å². The molecule has 6 nitrogen and oxygen atoms in total. The maximum atomic E-state index is 12.3. The van der Waals surface area contributed by atoms with Crippen molar-refractivity contribution in [1.29, 1.82) is 0 Å². The van der Waals surface area contributed by atoms with E-state index in [2.05, 4.69) is 10.0 Å². The van der Waals surface area contributed by atoms with Gasteiger partial charge < -0.3 is 10.1 Å². The quantitative estimate of drug-likeness (QED) is 0.740. The Hall–Kier alpha value is -2.38. The first-order valence-corrected chi connectivity index (χ1v) is 10.6. The number of amides is 1. The second-order valence-corrected chi connectivity index (χ2v) is 9.56. The number of ether oxygens (including phenoxy) is 1. The van der Waals surface area contributed by atoms with Gasteiger partial charge in [-0.25, -0.2) is 13.1 Å². The number of carbonyl (C=O) groups excluding carboxylic acids is 1. The Morgan fingerprint density at radius 2 is 1.57 bits per heavy atom. The third kappa shape index (κ3) is 6.65. The van der Waals surface area contributed by atoms with E-state index in [0.717, 1.165) is 11.3 Å². The maximum Gasteiger partial charge on any atom is 0.251 e. The predicted molar refractivity (Wildman–Crippen MR) is 110 cm³/mol. The second-order valence-electron chi connectivity index (χ2n) is 7.87. The highest BCUT2D eigenvalue weighted by Crippen LogP contribution is 2.15. The molecule has 0 aliphatic rings. The molecule has 2 aromatic rings. The first-order chi connectivity index (χ1) is 13.0. The van der Waals surface area contributed by atoms with E-state index in [0.29, 0.717) is 12.1 Å². The van der Waals surface area contributed by atoms with Crippen molar-refractivity contribution in [3.05, 3.63) is 59.7 Å². The maximum absolute atomic E-state index is 12.3. The number of benzene rings is 2. The summed E-state index contributed by atoms with van der Waals surface area (Å²) in [6.45, 7) is 9.61. The van der Waals surface area contributed by atoms with Crippen LogP contribution >= 0.6 is 0 Å². The lowest BCUT2D eigenvalue weighted by Gasteiger charge is -2.20. The number of sulfonamides is 1. The SMILES string of the molecule is CC(C)Oc1ccc(CNC(=O)c2ccc(S(=O)(=O)NC(C)(C)C)cc2)cc1. The van der Waals surface area contributed by atoms with Crippen LogP contribution in [0.5, 0.6) is 5.75 Å². The van der Waals surface area contributed by atoms with Gasteiger partial charge in [-0.15, -0.1) is 0 Å². The predicted octanol–water partition coefficient (Wildman–Crippen LogP) is 3.48. The first kappa shape index (κ1) is 21.9. The Morgan fingerprint density at radius 3 is 2.07 bits per heavy atom. The Morgan fingerprint density at radius 1 is 1.00 bits per heavy atom. The normalized spacial score (nSPS) is 12.1. The molecule has 0 saturated heterocycles. The minimum atomic E-state index is -3.62. The molecule has 2 aromatic carbocycles. The van der Waals surface area contributed by atoms with Crippen LogP contribution in [0, 0.1) is 0 Å². The van der Waals surface area contributed by atoms with Gasteiger partial charge in [0.25, 0.3) is 5.91 Å². The first-order valence-electron chi connectivity index (χ1n) is 9.14. The van der Waals surface area contributed by atoms with Crippen LogP contribution in [0.25, 0.3) is 0 Å². The number of carbonyl (C=O) groups is 1. The van der Waals surface area contributed by atoms with Gasteiger partial charge in [0.05, 0.1) is 11.0 Å². The molecule has 0 saturated carbocycles. The zero-order valence-corrected chi connectivity index (χ0v) is 17.8. The molecule has 1 amide bonds. The van der Waals surface area contributed by atoms with Crippen molar-refractivity contribution >= 4 is 15.9 Å². The Kier molecular flexibility index (Phi) is 6.85. The largest absolute Gasteiger partial charge is 0.491 e. The lowest BCUT2D eigenvalue weighted by atomic mass is 10.1. The fourth-order valence-corrected chi connectivity index (χ4v) is 3.91. The molecule has 28 heavy (non-hydrogen) atoms. The molecule has 0 aromatic heterocycles. The van der Waals surface area contributed by atoms with E-state index in [9.17, 15) is 13.2 Å². The van der Waals surface area contributed by atoms with Crippen LogP contribution in [0.4, 0.5) is 0 Å². The van der Waals surface area contributed by atoms with E-state index >= 15 is 0 Å². The van der Waals surface area contributed by atoms with E-state index in [1.807, 2.05) is 38.1 Å². The number of nitrogens with one attached hydrogen (secondary N) is 2. The number of hydrogen-bond donors (Lipinski definition) is 2. The molecular weight excluding hydrogens is 376 g/mol. The van der Waals surface area contributed by atoms with Crippen LogP contribution in [0.2, 0.25) is 0 Å². The molecule has 0 fully saturated rings. The van der Waals surface area contributed by atoms with Crippen LogP contribution in [-0.2, 0) is 16.6 Å². The van der Waals surface area contributed by atoms with Crippen LogP contribution in [0.15, 0.2) is 53.4 Å². The molecule has 152 valence electrons. The van der Waals surface area contributed by atoms with Crippen molar-refractivity contribution in [3.8, 4) is 5.75 Å². The molecule has 0 aliphatic heterocycles. The fourth-order valence-electron chi connectivity index (χ4n) is 2.49. The molecule has 2 rings (SSSR count). The molecule has 0 unspecified atom stereocenters. The number of hydrogen-bond acceptors (Lipinski definition) is 4. The molecule has 0 spiro atoms. The smallest absolute Gasteiger partial charge is 0.251 e. The average Bonchev–Trinajstić information content (AvgIpc) is 2.58. The van der Waals surface area contributed by atoms with Crippen molar-refractivity contribution in [2.24, 2.45) is 0 Å². The van der Waals surface area contributed by atoms with Crippen LogP contribution in [0.3, 0.4) is 0 Å². The average molecular weight is 405 g/mol. The summed E-state index contributed by atoms with van der Waals surface area (Å²) in [5, 5.41) is 2.83. The van der Waals surface area contributed by atoms with Crippen molar-refractivity contribution in [1.82, 2.24) is 10.0 Å². The van der Waals surface area contributed by atoms with Gasteiger partial charge in [0.2, 0.25) is 10.0 Å². The second kappa shape index (κ2) is 8.75. The highest BCUT2D eigenvalue weighted by Gasteiger charge is 2.22. The van der Waals surface area contributed by atoms with Gasteiger partial charge in [0.1, 0.15) is 5.75 Å². The van der Waals surface area contributed by atoms with Crippen LogP contribution in [0.1, 0.15) is 50.5 Å². The van der Waals surface area contributed by atoms with Gasteiger partial charge >= 0.3 is 0 Å². The topological polar surface area (TPSA) is 84.5 Å². The summed E-state index contributed by atoms with van der Waals surface area (Å²) in [7, 11) is -3.62. The zero-order valence-electron chi connectivity index (χ0n) is 16.9. The molecular formula is C21H28N2O4S. The van der Waals surface area contributed by atoms with E-state index in [-0.39, 0.29) is 16.9 Å². The zero-order chi connectivity index (χ0) is 20.9. The van der Waals surface area contributed by atoms with Crippen LogP contribution < -0.4 is 14.8 Å². The van der Waals surface area contributed by atoms with E-state index in [4.69, 9.17) is 4.74 Å². The third-order valence-corrected chi connectivity index (χ3v) is 5.39. The summed E-state index contributed by atoms with van der Waals surface area (Å²) in [5.41, 5.74) is 0.762. The Labute approximate surface area is 167 Å². The third-order valence-electron chi connectivity index (χ3n) is 3.62. The van der Waals surface area contributed by atoms with E-state index < -0.39 is 15.6 Å². The van der Waals surface area contributed by atoms with Gasteiger partial charge in [0.15, 0.2) is 0 Å². The van der Waals surface area contributed by atoms with E-state index in [1.165, 1.54) is 24.3 Å². The Bertz CT molecular complexity index is 897. The molecule has 7 heteroatoms. The van der Waals surface area contributed by atoms with Gasteiger partial charge in [-0.2, -0.15) is 0 Å². The van der Waals surface area contributed by atoms with Crippen molar-refractivity contribution < 1.29 is 17.9 Å². The van der Waals surface area contributed by atoms with Gasteiger partial charge in [-0.3, -0.25) is 4.79 Å². The van der Waals surface area contributed by atoms with Gasteiger partial charge in [-0.1, -0.05) is 12.1 Å². The minimum absolute atomic E-state index is 0.107. The molecule has 0 aliphatic carbocycles. The van der Waals surface area contributed by atoms with E-state index in [1.54, 1.807) is 20.8 Å². The van der Waals surface area contributed by atoms with Gasteiger partial charge in [-0.05, 0) is 76.6 Å². The van der Waals surface area contributed by atoms with Crippen LogP contribution in [-0.4, -0.2) is 26.0 Å². The molecule has 0 heterocycles. The molecule has 0 radical (unpaired) electrons. The lowest BCUT2D eigenvalue weighted by Crippen LogP contribution is -2.40. The summed E-state index contributed by atoms with van der Waals surface area (Å²) >= 11 is 0. The standard InChI is InChI=1S/C21H28N2O4S/c1-15(2)27-18-10-6-16(7-11-18)14-22-20(24)17-8-12-19(13-9-17)28(25,26)23-21(3,4)5/h6-13,15,23H,14H2,1-5H3,(H,22,24). The van der Waals surface area contributed by atoms with Crippen molar-refractivity contribution in [2.45, 2.75) is 57.7 Å². The fraction of sp³-hybridized carbons (Fsp3) is 0.381. The Balaban J connectivity index is 1.98. The number of rotatable bonds is 7. The lowest BCUT2D eigenvalue weighted by molar-refractivity contribution is 0.0951. The summed E-state index contributed by atoms with van der Waals surface area (Å²) in [5.74, 6) is 0.515. The monoisotopic (exact) mass is 404 g/mol. The summed E-state index contributed by atoms with van der Waals surface area (Å²) in [6.07, 6.45) is 0.107.